The molecule has 1 heterocycles. The molecule has 8 heteroatoms. The van der Waals surface area contributed by atoms with Gasteiger partial charge in [0.25, 0.3) is 0 Å². The van der Waals surface area contributed by atoms with E-state index in [9.17, 15) is 19.2 Å². The molecule has 4 amide bonds. The zero-order chi connectivity index (χ0) is 20.3. The lowest BCUT2D eigenvalue weighted by Crippen LogP contribution is -2.48. The third-order valence-electron chi connectivity index (χ3n) is 5.52. The normalized spacial score (nSPS) is 22.7. The SMILES string of the molecule is CSCC[C@H](C(=O)Nc1ccc(C(N)=O)cc1)N1C(=O)[C@H]2CCCC[C@@H]2C1=O. The summed E-state index contributed by atoms with van der Waals surface area (Å²) < 4.78 is 0. The lowest BCUT2D eigenvalue weighted by Gasteiger charge is -2.26. The van der Waals surface area contributed by atoms with Crippen LogP contribution in [0.1, 0.15) is 42.5 Å². The van der Waals surface area contributed by atoms with Crippen LogP contribution in [0.2, 0.25) is 0 Å². The Morgan fingerprint density at radius 3 is 2.21 bits per heavy atom. The number of imide groups is 1. The van der Waals surface area contributed by atoms with Crippen LogP contribution in [-0.2, 0) is 14.4 Å². The number of nitrogens with one attached hydrogen (secondary N) is 1. The summed E-state index contributed by atoms with van der Waals surface area (Å²) in [5.74, 6) is -1.25. The molecule has 3 atom stereocenters. The lowest BCUT2D eigenvalue weighted by molar-refractivity contribution is -0.146. The molecule has 150 valence electrons. The van der Waals surface area contributed by atoms with Crippen LogP contribution in [0.4, 0.5) is 5.69 Å². The Hall–Kier alpha value is -2.35. The first kappa shape index (κ1) is 20.4. The third kappa shape index (κ3) is 4.06. The van der Waals surface area contributed by atoms with Gasteiger partial charge in [-0.1, -0.05) is 12.8 Å². The molecule has 0 unspecified atom stereocenters. The molecule has 7 nitrogen and oxygen atoms in total. The van der Waals surface area contributed by atoms with Crippen LogP contribution in [0.5, 0.6) is 0 Å². The van der Waals surface area contributed by atoms with Crippen molar-refractivity contribution in [1.29, 1.82) is 0 Å². The van der Waals surface area contributed by atoms with E-state index >= 15 is 0 Å². The average molecular weight is 404 g/mol. The fourth-order valence-corrected chi connectivity index (χ4v) is 4.50. The summed E-state index contributed by atoms with van der Waals surface area (Å²) in [4.78, 5) is 51.2. The highest BCUT2D eigenvalue weighted by Gasteiger charge is 2.51. The van der Waals surface area contributed by atoms with Gasteiger partial charge in [-0.05, 0) is 55.5 Å². The molecule has 1 aromatic carbocycles. The monoisotopic (exact) mass is 403 g/mol. The van der Waals surface area contributed by atoms with Crippen LogP contribution in [0.15, 0.2) is 24.3 Å². The lowest BCUT2D eigenvalue weighted by atomic mass is 9.81. The van der Waals surface area contributed by atoms with E-state index in [2.05, 4.69) is 5.32 Å². The maximum absolute atomic E-state index is 13.0. The number of thioether (sulfide) groups is 1. The van der Waals surface area contributed by atoms with Crippen molar-refractivity contribution in [2.24, 2.45) is 17.6 Å². The fraction of sp³-hybridized carbons (Fsp3) is 0.500. The predicted molar refractivity (Wildman–Crippen MR) is 108 cm³/mol. The summed E-state index contributed by atoms with van der Waals surface area (Å²) >= 11 is 1.56. The van der Waals surface area contributed by atoms with Gasteiger partial charge in [0.2, 0.25) is 23.6 Å². The summed E-state index contributed by atoms with van der Waals surface area (Å²) in [7, 11) is 0. The molecule has 0 radical (unpaired) electrons. The van der Waals surface area contributed by atoms with Crippen LogP contribution in [0.25, 0.3) is 0 Å². The standard InChI is InChI=1S/C20H25N3O4S/c1-28-11-10-16(18(25)22-13-8-6-12(7-9-13)17(21)24)23-19(26)14-4-2-3-5-15(14)20(23)27/h6-9,14-16H,2-5,10-11H2,1H3,(H2,21,24)(H,22,25)/t14-,15-,16+/m0/s1. The number of primary amides is 1. The Kier molecular flexibility index (Phi) is 6.39. The van der Waals surface area contributed by atoms with E-state index < -0.39 is 11.9 Å². The number of amides is 4. The van der Waals surface area contributed by atoms with E-state index in [4.69, 9.17) is 5.73 Å². The number of rotatable bonds is 7. The van der Waals surface area contributed by atoms with Gasteiger partial charge < -0.3 is 11.1 Å². The number of carbonyl (C=O) groups is 4. The molecule has 1 aliphatic carbocycles. The third-order valence-corrected chi connectivity index (χ3v) is 6.17. The molecular formula is C20H25N3O4S. The molecule has 0 bridgehead atoms. The van der Waals surface area contributed by atoms with E-state index in [0.29, 0.717) is 23.4 Å². The molecule has 1 saturated heterocycles. The molecule has 1 saturated carbocycles. The Balaban J connectivity index is 1.79. The quantitative estimate of drug-likeness (QED) is 0.677. The predicted octanol–water partition coefficient (Wildman–Crippen LogP) is 2.02. The Labute approximate surface area is 168 Å². The topological polar surface area (TPSA) is 110 Å². The Morgan fingerprint density at radius 2 is 1.71 bits per heavy atom. The van der Waals surface area contributed by atoms with Crippen LogP contribution in [0.3, 0.4) is 0 Å². The molecule has 3 rings (SSSR count). The van der Waals surface area contributed by atoms with Crippen molar-refractivity contribution in [2.75, 3.05) is 17.3 Å². The van der Waals surface area contributed by atoms with Gasteiger partial charge in [-0.15, -0.1) is 0 Å². The van der Waals surface area contributed by atoms with Gasteiger partial charge in [0, 0.05) is 11.3 Å². The van der Waals surface area contributed by atoms with Crippen LogP contribution in [-0.4, -0.2) is 46.6 Å². The van der Waals surface area contributed by atoms with Crippen molar-refractivity contribution in [3.8, 4) is 0 Å². The summed E-state index contributed by atoms with van der Waals surface area (Å²) in [5.41, 5.74) is 6.05. The van der Waals surface area contributed by atoms with Crippen molar-refractivity contribution in [1.82, 2.24) is 4.90 Å². The molecule has 3 N–H and O–H groups in total. The van der Waals surface area contributed by atoms with E-state index in [0.717, 1.165) is 25.7 Å². The number of anilines is 1. The van der Waals surface area contributed by atoms with E-state index in [1.165, 1.54) is 17.0 Å². The zero-order valence-corrected chi connectivity index (χ0v) is 16.7. The van der Waals surface area contributed by atoms with Gasteiger partial charge in [0.15, 0.2) is 0 Å². The molecule has 2 fully saturated rings. The number of hydrogen-bond acceptors (Lipinski definition) is 5. The van der Waals surface area contributed by atoms with Gasteiger partial charge in [-0.3, -0.25) is 24.1 Å². The highest BCUT2D eigenvalue weighted by atomic mass is 32.2. The second-order valence-corrected chi connectivity index (χ2v) is 8.26. The van der Waals surface area contributed by atoms with Crippen molar-refractivity contribution in [2.45, 2.75) is 38.1 Å². The first-order valence-corrected chi connectivity index (χ1v) is 10.9. The van der Waals surface area contributed by atoms with Crippen molar-refractivity contribution in [3.05, 3.63) is 29.8 Å². The maximum Gasteiger partial charge on any atom is 0.248 e. The number of hydrogen-bond donors (Lipinski definition) is 2. The van der Waals surface area contributed by atoms with Gasteiger partial charge in [0.1, 0.15) is 6.04 Å². The first-order chi connectivity index (χ1) is 13.4. The first-order valence-electron chi connectivity index (χ1n) is 9.50. The average Bonchev–Trinajstić information content (AvgIpc) is 2.94. The number of benzene rings is 1. The minimum atomic E-state index is -0.825. The van der Waals surface area contributed by atoms with Gasteiger partial charge >= 0.3 is 0 Å². The van der Waals surface area contributed by atoms with Crippen molar-refractivity contribution >= 4 is 41.1 Å². The van der Waals surface area contributed by atoms with Crippen molar-refractivity contribution < 1.29 is 19.2 Å². The molecule has 0 aromatic heterocycles. The highest BCUT2D eigenvalue weighted by Crippen LogP contribution is 2.39. The second kappa shape index (κ2) is 8.77. The number of nitrogens with two attached hydrogens (primary N) is 1. The van der Waals surface area contributed by atoms with Crippen LogP contribution in [0, 0.1) is 11.8 Å². The Bertz CT molecular complexity index is 756. The van der Waals surface area contributed by atoms with Crippen LogP contribution >= 0.6 is 11.8 Å². The summed E-state index contributed by atoms with van der Waals surface area (Å²) in [6.07, 6.45) is 5.66. The molecule has 1 aromatic rings. The minimum Gasteiger partial charge on any atom is -0.366 e. The fourth-order valence-electron chi connectivity index (χ4n) is 4.05. The highest BCUT2D eigenvalue weighted by molar-refractivity contribution is 7.98. The smallest absolute Gasteiger partial charge is 0.248 e. The zero-order valence-electron chi connectivity index (χ0n) is 15.8. The Morgan fingerprint density at radius 1 is 1.14 bits per heavy atom. The number of nitrogens with zero attached hydrogens (tertiary/aromatic N) is 1. The summed E-state index contributed by atoms with van der Waals surface area (Å²) in [6.45, 7) is 0. The largest absolute Gasteiger partial charge is 0.366 e. The van der Waals surface area contributed by atoms with E-state index in [1.54, 1.807) is 23.9 Å². The van der Waals surface area contributed by atoms with Gasteiger partial charge in [0.05, 0.1) is 11.8 Å². The maximum atomic E-state index is 13.0. The molecule has 28 heavy (non-hydrogen) atoms. The van der Waals surface area contributed by atoms with Crippen molar-refractivity contribution in [3.63, 3.8) is 0 Å². The van der Waals surface area contributed by atoms with E-state index in [-0.39, 0.29) is 29.6 Å². The molecule has 2 aliphatic rings. The number of carbonyl (C=O) groups excluding carboxylic acids is 4. The van der Waals surface area contributed by atoms with Gasteiger partial charge in [-0.25, -0.2) is 0 Å². The molecular weight excluding hydrogens is 378 g/mol. The molecule has 0 spiro atoms. The number of likely N-dealkylation sites (tertiary alicyclic amines) is 1. The van der Waals surface area contributed by atoms with E-state index in [1.807, 2.05) is 6.26 Å². The second-order valence-electron chi connectivity index (χ2n) is 7.27. The van der Waals surface area contributed by atoms with Crippen LogP contribution < -0.4 is 11.1 Å². The summed E-state index contributed by atoms with van der Waals surface area (Å²) in [5, 5.41) is 2.77. The minimum absolute atomic E-state index is 0.208. The molecule has 1 aliphatic heterocycles. The van der Waals surface area contributed by atoms with Gasteiger partial charge in [-0.2, -0.15) is 11.8 Å². The summed E-state index contributed by atoms with van der Waals surface area (Å²) in [6, 6.07) is 5.38. The number of fused-ring (bicyclic) bond motifs is 1.